The van der Waals surface area contributed by atoms with Gasteiger partial charge in [0.1, 0.15) is 5.82 Å². The number of dihydropyridines is 1. The number of carbonyl (C=O) groups excluding carboxylic acids is 1. The molecule has 3 aliphatic heterocycles. The Balaban J connectivity index is 1.70. The Morgan fingerprint density at radius 1 is 1.22 bits per heavy atom. The van der Waals surface area contributed by atoms with Gasteiger partial charge in [0.2, 0.25) is 10.0 Å². The predicted molar refractivity (Wildman–Crippen MR) is 120 cm³/mol. The summed E-state index contributed by atoms with van der Waals surface area (Å²) in [4.78, 5) is 15.2. The van der Waals surface area contributed by atoms with Crippen molar-refractivity contribution < 1.29 is 17.6 Å². The first-order chi connectivity index (χ1) is 15.3. The highest BCUT2D eigenvalue weighted by Crippen LogP contribution is 2.42. The van der Waals surface area contributed by atoms with Crippen LogP contribution in [0.25, 0.3) is 0 Å². The fourth-order valence-corrected chi connectivity index (χ4v) is 5.14. The molecule has 9 heteroatoms. The van der Waals surface area contributed by atoms with E-state index in [1.807, 2.05) is 19.2 Å². The molecule has 1 aliphatic carbocycles. The lowest BCUT2D eigenvalue weighted by Gasteiger charge is -2.34. The van der Waals surface area contributed by atoms with Crippen LogP contribution in [0.15, 0.2) is 82.4 Å². The lowest BCUT2D eigenvalue weighted by Crippen LogP contribution is -2.40. The highest BCUT2D eigenvalue weighted by atomic mass is 32.2. The van der Waals surface area contributed by atoms with Crippen molar-refractivity contribution in [3.8, 4) is 0 Å². The van der Waals surface area contributed by atoms with Crippen LogP contribution in [0.2, 0.25) is 0 Å². The number of amides is 1. The first-order valence-corrected chi connectivity index (χ1v) is 12.1. The maximum Gasteiger partial charge on any atom is 0.256 e. The number of benzene rings is 1. The van der Waals surface area contributed by atoms with Gasteiger partial charge in [-0.3, -0.25) is 9.52 Å². The van der Waals surface area contributed by atoms with Crippen molar-refractivity contribution in [1.82, 2.24) is 15.4 Å². The molecule has 166 valence electrons. The number of fused-ring (bicyclic) bond motifs is 1. The van der Waals surface area contributed by atoms with E-state index in [0.29, 0.717) is 23.4 Å². The maximum absolute atomic E-state index is 13.6. The number of rotatable bonds is 4. The Morgan fingerprint density at radius 2 is 1.97 bits per heavy atom. The molecule has 0 saturated carbocycles. The van der Waals surface area contributed by atoms with Gasteiger partial charge in [0.25, 0.3) is 5.91 Å². The van der Waals surface area contributed by atoms with E-state index in [1.165, 1.54) is 12.1 Å². The molecular weight excluding hydrogens is 431 g/mol. The Hall–Kier alpha value is -3.33. The lowest BCUT2D eigenvalue weighted by atomic mass is 9.89. The Morgan fingerprint density at radius 3 is 2.69 bits per heavy atom. The van der Waals surface area contributed by atoms with Crippen molar-refractivity contribution in [2.45, 2.75) is 25.9 Å². The highest BCUT2D eigenvalue weighted by molar-refractivity contribution is 7.89. The monoisotopic (exact) mass is 454 g/mol. The van der Waals surface area contributed by atoms with Crippen LogP contribution in [0.1, 0.15) is 13.8 Å². The molecule has 0 aromatic heterocycles. The number of anilines is 1. The average molecular weight is 455 g/mol. The van der Waals surface area contributed by atoms with Crippen molar-refractivity contribution in [3.05, 3.63) is 88.2 Å². The Bertz CT molecular complexity index is 1270. The Kier molecular flexibility index (Phi) is 4.74. The molecule has 32 heavy (non-hydrogen) atoms. The molecule has 0 radical (unpaired) electrons. The SMILES string of the molecule is CCS(=O)(=O)NC1=CC2=C3C(=O)NC4=C3C(=CNC4C)CN(c3ccc(F)cc3)C2C=C1. The summed E-state index contributed by atoms with van der Waals surface area (Å²) >= 11 is 0. The van der Waals surface area contributed by atoms with Gasteiger partial charge in [0.05, 0.1) is 23.4 Å². The number of halogens is 1. The zero-order chi connectivity index (χ0) is 22.6. The summed E-state index contributed by atoms with van der Waals surface area (Å²) < 4.78 is 40.5. The van der Waals surface area contributed by atoms with Crippen LogP contribution in [0.4, 0.5) is 10.1 Å². The molecule has 7 nitrogen and oxygen atoms in total. The van der Waals surface area contributed by atoms with Gasteiger partial charge in [-0.2, -0.15) is 0 Å². The molecule has 0 bridgehead atoms. The fraction of sp³-hybridized carbons (Fsp3) is 0.261. The maximum atomic E-state index is 13.6. The van der Waals surface area contributed by atoms with Gasteiger partial charge in [0, 0.05) is 35.4 Å². The summed E-state index contributed by atoms with van der Waals surface area (Å²) in [6, 6.07) is 5.84. The largest absolute Gasteiger partial charge is 0.383 e. The molecule has 0 saturated heterocycles. The molecule has 0 spiro atoms. The van der Waals surface area contributed by atoms with Crippen LogP contribution in [0.5, 0.6) is 0 Å². The molecular formula is C23H23FN4O3S. The minimum absolute atomic E-state index is 0.0545. The van der Waals surface area contributed by atoms with E-state index in [0.717, 1.165) is 22.5 Å². The summed E-state index contributed by atoms with van der Waals surface area (Å²) in [5.74, 6) is -0.589. The summed E-state index contributed by atoms with van der Waals surface area (Å²) in [5, 5.41) is 6.29. The molecule has 0 fully saturated rings. The van der Waals surface area contributed by atoms with Gasteiger partial charge in [-0.15, -0.1) is 0 Å². The van der Waals surface area contributed by atoms with Crippen molar-refractivity contribution in [2.24, 2.45) is 0 Å². The number of carbonyl (C=O) groups is 1. The number of nitrogens with zero attached hydrogens (tertiary/aromatic N) is 1. The minimum Gasteiger partial charge on any atom is -0.383 e. The molecule has 5 rings (SSSR count). The van der Waals surface area contributed by atoms with Crippen LogP contribution >= 0.6 is 0 Å². The molecule has 1 amide bonds. The van der Waals surface area contributed by atoms with Gasteiger partial charge < -0.3 is 15.5 Å². The van der Waals surface area contributed by atoms with Crippen LogP contribution < -0.4 is 20.3 Å². The first kappa shape index (κ1) is 20.6. The standard InChI is InChI=1S/C23H23FN4O3S/c1-3-32(30,31)27-16-6-9-19-18(10-16)21-20-14(11-25-13(2)22(20)26-23(21)29)12-28(19)17-7-4-15(24)5-8-17/h4-11,13,19,25,27H,3,12H2,1-2H3,(H,26,29). The summed E-state index contributed by atoms with van der Waals surface area (Å²) in [5.41, 5.74) is 5.06. The molecule has 4 aliphatic rings. The third-order valence-corrected chi connectivity index (χ3v) is 7.43. The van der Waals surface area contributed by atoms with Gasteiger partial charge in [0.15, 0.2) is 0 Å². The zero-order valence-electron chi connectivity index (χ0n) is 17.6. The van der Waals surface area contributed by atoms with Crippen LogP contribution in [0, 0.1) is 5.82 Å². The van der Waals surface area contributed by atoms with Crippen LogP contribution in [-0.4, -0.2) is 38.7 Å². The van der Waals surface area contributed by atoms with E-state index in [9.17, 15) is 17.6 Å². The fourth-order valence-electron chi connectivity index (χ4n) is 4.51. The molecule has 1 aromatic carbocycles. The number of allylic oxidation sites excluding steroid dienone is 1. The normalized spacial score (nSPS) is 24.2. The molecule has 2 unspecified atom stereocenters. The van der Waals surface area contributed by atoms with Gasteiger partial charge >= 0.3 is 0 Å². The van der Waals surface area contributed by atoms with E-state index in [2.05, 4.69) is 20.3 Å². The second-order valence-electron chi connectivity index (χ2n) is 8.14. The van der Waals surface area contributed by atoms with E-state index in [-0.39, 0.29) is 29.6 Å². The van der Waals surface area contributed by atoms with Crippen molar-refractivity contribution in [3.63, 3.8) is 0 Å². The van der Waals surface area contributed by atoms with Crippen LogP contribution in [0.3, 0.4) is 0 Å². The first-order valence-electron chi connectivity index (χ1n) is 10.5. The zero-order valence-corrected chi connectivity index (χ0v) is 18.5. The second-order valence-corrected chi connectivity index (χ2v) is 10.2. The van der Waals surface area contributed by atoms with Crippen molar-refractivity contribution in [1.29, 1.82) is 0 Å². The number of hydrogen-bond donors (Lipinski definition) is 3. The summed E-state index contributed by atoms with van der Waals surface area (Å²) in [6.07, 6.45) is 7.24. The third kappa shape index (κ3) is 3.33. The third-order valence-electron chi connectivity index (χ3n) is 6.12. The quantitative estimate of drug-likeness (QED) is 0.647. The smallest absolute Gasteiger partial charge is 0.256 e. The number of hydrogen-bond acceptors (Lipinski definition) is 5. The van der Waals surface area contributed by atoms with Gasteiger partial charge in [-0.05, 0) is 61.4 Å². The average Bonchev–Trinajstić information content (AvgIpc) is 3.04. The van der Waals surface area contributed by atoms with E-state index in [4.69, 9.17) is 0 Å². The predicted octanol–water partition coefficient (Wildman–Crippen LogP) is 1.96. The topological polar surface area (TPSA) is 90.5 Å². The summed E-state index contributed by atoms with van der Waals surface area (Å²) in [7, 11) is -3.48. The highest BCUT2D eigenvalue weighted by Gasteiger charge is 2.41. The van der Waals surface area contributed by atoms with Gasteiger partial charge in [-0.25, -0.2) is 12.8 Å². The van der Waals surface area contributed by atoms with Crippen LogP contribution in [-0.2, 0) is 14.8 Å². The summed E-state index contributed by atoms with van der Waals surface area (Å²) in [6.45, 7) is 4.03. The second kappa shape index (κ2) is 7.37. The molecule has 3 heterocycles. The molecule has 1 aromatic rings. The van der Waals surface area contributed by atoms with Gasteiger partial charge in [-0.1, -0.05) is 6.08 Å². The van der Waals surface area contributed by atoms with Crippen molar-refractivity contribution >= 4 is 21.6 Å². The number of nitrogens with one attached hydrogen (secondary N) is 3. The lowest BCUT2D eigenvalue weighted by molar-refractivity contribution is -0.116. The van der Waals surface area contributed by atoms with E-state index >= 15 is 0 Å². The molecule has 2 atom stereocenters. The Labute approximate surface area is 186 Å². The van der Waals surface area contributed by atoms with E-state index in [1.54, 1.807) is 31.2 Å². The minimum atomic E-state index is -3.48. The van der Waals surface area contributed by atoms with Crippen molar-refractivity contribution in [2.75, 3.05) is 17.2 Å². The van der Waals surface area contributed by atoms with E-state index < -0.39 is 10.0 Å². The molecule has 3 N–H and O–H groups in total. The number of sulfonamides is 1.